The molecule has 2 aromatic carbocycles. The average Bonchev–Trinajstić information content (AvgIpc) is 3.62. The van der Waals surface area contributed by atoms with Crippen LogP contribution in [0.5, 0.6) is 11.5 Å². The van der Waals surface area contributed by atoms with Gasteiger partial charge in [-0.15, -0.1) is 0 Å². The second-order valence-electron chi connectivity index (χ2n) is 18.3. The van der Waals surface area contributed by atoms with Gasteiger partial charge < -0.3 is 82.5 Å². The maximum Gasteiger partial charge on any atom is 0.407 e. The number of anilines is 4. The van der Waals surface area contributed by atoms with Crippen LogP contribution in [0, 0.1) is 0 Å². The number of aryl methyl sites for hydroxylation is 2. The van der Waals surface area contributed by atoms with Crippen molar-refractivity contribution in [3.05, 3.63) is 81.4 Å². The predicted molar refractivity (Wildman–Crippen MR) is 315 cm³/mol. The van der Waals surface area contributed by atoms with Crippen molar-refractivity contribution in [2.24, 2.45) is 10.7 Å². The third-order valence-electron chi connectivity index (χ3n) is 11.8. The number of ether oxygens (including phenoxy) is 8. The molecular weight excluding hydrogens is 1120 g/mol. The van der Waals surface area contributed by atoms with Crippen LogP contribution >= 0.6 is 23.2 Å². The van der Waals surface area contributed by atoms with Crippen LogP contribution in [0.1, 0.15) is 96.8 Å². The van der Waals surface area contributed by atoms with E-state index in [1.807, 2.05) is 55.5 Å². The highest BCUT2D eigenvalue weighted by atomic mass is 35.5. The SMILES string of the molecule is CCC(NCCCCc1ccc(OCCOCCOCCOC(=O)NCCCCCCNC(=O)OCCOCCOCCOc2ccc(CCCCN=C(N)NC(=O)c3nc(Cl)c(N)nc3N)cc2)cc1)NC(=O)c1nc(Cl)c(N)nc1N. The number of guanidine groups is 1. The van der Waals surface area contributed by atoms with E-state index < -0.39 is 24.0 Å². The van der Waals surface area contributed by atoms with E-state index in [1.54, 1.807) is 0 Å². The number of benzene rings is 2. The molecule has 1 atom stereocenters. The molecule has 1 unspecified atom stereocenters. The minimum atomic E-state index is -0.688. The molecule has 0 saturated heterocycles. The zero-order valence-corrected chi connectivity index (χ0v) is 48.6. The molecule has 29 heteroatoms. The molecule has 0 aliphatic heterocycles. The lowest BCUT2D eigenvalue weighted by Gasteiger charge is -2.19. The standard InChI is InChI=1S/C54H81Cl2N15O12/c1-2-41(66-50(72)42-46(57)69-48(59)44(55)67-42)62-21-9-5-11-37-13-17-39(18-14-37)80-33-29-76-25-27-78-31-35-82-53(74)64-23-7-3-4-8-24-65-54(75)83-36-32-79-28-26-77-30-34-81-40-19-15-38(16-20-40)12-6-10-22-63-52(61)71-51(73)43-47(58)70-49(60)45(56)68-43/h13-20,41,62H,2-12,21-36H2,1H3,(H,64,74)(H,65,75)(H,66,72)(H4,57,59,69)(H4,58,60,70)(H3,61,63,71,73). The fourth-order valence-corrected chi connectivity index (χ4v) is 7.64. The first-order chi connectivity index (χ1) is 40.2. The third-order valence-corrected chi connectivity index (χ3v) is 12.3. The van der Waals surface area contributed by atoms with E-state index >= 15 is 0 Å². The van der Waals surface area contributed by atoms with Gasteiger partial charge in [0.1, 0.15) is 37.9 Å². The van der Waals surface area contributed by atoms with E-state index in [2.05, 4.69) is 51.5 Å². The molecule has 2 heterocycles. The average molecular weight is 1200 g/mol. The molecule has 0 saturated carbocycles. The number of aliphatic imine (C=N–C) groups is 1. The molecule has 2 aromatic heterocycles. The van der Waals surface area contributed by atoms with Gasteiger partial charge in [0.25, 0.3) is 11.8 Å². The van der Waals surface area contributed by atoms with Crippen LogP contribution in [0.2, 0.25) is 10.3 Å². The topological polar surface area (TPSA) is 396 Å². The molecule has 4 rings (SSSR count). The molecule has 0 bridgehead atoms. The van der Waals surface area contributed by atoms with Crippen LogP contribution in [-0.4, -0.2) is 162 Å². The summed E-state index contributed by atoms with van der Waals surface area (Å²) >= 11 is 11.7. The Hall–Kier alpha value is -7.27. The number of rotatable bonds is 42. The number of nitrogens with one attached hydrogen (secondary N) is 5. The van der Waals surface area contributed by atoms with E-state index in [0.717, 1.165) is 81.3 Å². The number of hydrogen-bond donors (Lipinski definition) is 10. The number of halogens is 2. The van der Waals surface area contributed by atoms with Crippen LogP contribution in [0.4, 0.5) is 32.9 Å². The normalized spacial score (nSPS) is 11.6. The van der Waals surface area contributed by atoms with Crippen LogP contribution in [0.25, 0.3) is 0 Å². The zero-order chi connectivity index (χ0) is 59.9. The minimum absolute atomic E-state index is 0.0306. The molecule has 83 heavy (non-hydrogen) atoms. The molecule has 27 nitrogen and oxygen atoms in total. The number of amides is 4. The largest absolute Gasteiger partial charge is 0.491 e. The molecule has 4 aromatic rings. The summed E-state index contributed by atoms with van der Waals surface area (Å²) in [5, 5.41) is 13.8. The van der Waals surface area contributed by atoms with Gasteiger partial charge in [-0.2, -0.15) is 0 Å². The van der Waals surface area contributed by atoms with Gasteiger partial charge in [-0.25, -0.2) is 29.5 Å². The molecular formula is C54H81Cl2N15O12. The van der Waals surface area contributed by atoms with Crippen molar-refractivity contribution >= 4 is 76.4 Å². The summed E-state index contributed by atoms with van der Waals surface area (Å²) in [5.41, 5.74) is 30.5. The van der Waals surface area contributed by atoms with Crippen molar-refractivity contribution < 1.29 is 57.1 Å². The Kier molecular flexibility index (Phi) is 33.6. The first kappa shape index (κ1) is 68.2. The van der Waals surface area contributed by atoms with Crippen LogP contribution < -0.4 is 64.7 Å². The van der Waals surface area contributed by atoms with Gasteiger partial charge >= 0.3 is 12.2 Å². The number of carbonyl (C=O) groups excluding carboxylic acids is 4. The highest BCUT2D eigenvalue weighted by molar-refractivity contribution is 6.32. The minimum Gasteiger partial charge on any atom is -0.491 e. The molecule has 15 N–H and O–H groups in total. The number of unbranched alkanes of at least 4 members (excludes halogenated alkanes) is 5. The Morgan fingerprint density at radius 3 is 1.41 bits per heavy atom. The zero-order valence-electron chi connectivity index (χ0n) is 47.1. The number of nitrogens with zero attached hydrogens (tertiary/aromatic N) is 5. The third kappa shape index (κ3) is 29.5. The quantitative estimate of drug-likeness (QED) is 0.0126. The number of carbonyl (C=O) groups is 4. The summed E-state index contributed by atoms with van der Waals surface area (Å²) in [7, 11) is 0. The fraction of sp³-hybridized carbons (Fsp3) is 0.537. The Balaban J connectivity index is 0.836. The van der Waals surface area contributed by atoms with Gasteiger partial charge in [0.2, 0.25) is 0 Å². The molecule has 0 aliphatic rings. The van der Waals surface area contributed by atoms with Crippen molar-refractivity contribution in [3.8, 4) is 11.5 Å². The van der Waals surface area contributed by atoms with E-state index in [4.69, 9.17) is 89.8 Å². The Morgan fingerprint density at radius 1 is 0.518 bits per heavy atom. The molecule has 0 aliphatic carbocycles. The molecule has 4 amide bonds. The molecule has 458 valence electrons. The van der Waals surface area contributed by atoms with Crippen molar-refractivity contribution in [1.29, 1.82) is 0 Å². The Labute approximate surface area is 493 Å². The first-order valence-electron chi connectivity index (χ1n) is 27.6. The lowest BCUT2D eigenvalue weighted by Crippen LogP contribution is -2.45. The lowest BCUT2D eigenvalue weighted by molar-refractivity contribution is 0.0208. The lowest BCUT2D eigenvalue weighted by atomic mass is 10.1. The number of alkyl carbamates (subject to hydrolysis) is 2. The summed E-state index contributed by atoms with van der Waals surface area (Å²) in [4.78, 5) is 68.5. The second-order valence-corrected chi connectivity index (χ2v) is 19.0. The number of nitrogens with two attached hydrogens (primary N) is 5. The number of hydrogen-bond acceptors (Lipinski definition) is 22. The second kappa shape index (κ2) is 40.8. The van der Waals surface area contributed by atoms with E-state index in [1.165, 1.54) is 5.56 Å². The number of nitrogen functional groups attached to an aromatic ring is 4. The fourth-order valence-electron chi connectivity index (χ4n) is 7.39. The highest BCUT2D eigenvalue weighted by Crippen LogP contribution is 2.19. The number of aromatic nitrogens is 4. The van der Waals surface area contributed by atoms with Crippen molar-refractivity contribution in [2.75, 3.05) is 128 Å². The summed E-state index contributed by atoms with van der Waals surface area (Å²) in [6.45, 7) is 7.79. The van der Waals surface area contributed by atoms with E-state index in [0.29, 0.717) is 85.5 Å². The maximum atomic E-state index is 12.6. The van der Waals surface area contributed by atoms with Crippen LogP contribution in [0.3, 0.4) is 0 Å². The highest BCUT2D eigenvalue weighted by Gasteiger charge is 2.19. The van der Waals surface area contributed by atoms with E-state index in [-0.39, 0.29) is 83.5 Å². The van der Waals surface area contributed by atoms with Gasteiger partial charge in [0.05, 0.1) is 59.0 Å². The van der Waals surface area contributed by atoms with Gasteiger partial charge in [-0.3, -0.25) is 25.2 Å². The summed E-state index contributed by atoms with van der Waals surface area (Å²) in [5.74, 6) is -0.111. The van der Waals surface area contributed by atoms with Gasteiger partial charge in [0, 0.05) is 19.6 Å². The monoisotopic (exact) mass is 1200 g/mol. The Bertz CT molecular complexity index is 2580. The smallest absolute Gasteiger partial charge is 0.407 e. The molecule has 0 spiro atoms. The van der Waals surface area contributed by atoms with E-state index in [9.17, 15) is 19.2 Å². The summed E-state index contributed by atoms with van der Waals surface area (Å²) in [6.07, 6.45) is 7.88. The maximum absolute atomic E-state index is 12.6. The van der Waals surface area contributed by atoms with Crippen LogP contribution in [-0.2, 0) is 41.3 Å². The predicted octanol–water partition coefficient (Wildman–Crippen LogP) is 4.59. The van der Waals surface area contributed by atoms with Gasteiger partial charge in [0.15, 0.2) is 50.9 Å². The molecule has 0 fully saturated rings. The van der Waals surface area contributed by atoms with Crippen molar-refractivity contribution in [3.63, 3.8) is 0 Å². The van der Waals surface area contributed by atoms with Gasteiger partial charge in [-0.1, -0.05) is 67.2 Å². The molecule has 0 radical (unpaired) electrons. The Morgan fingerprint density at radius 2 is 0.940 bits per heavy atom. The van der Waals surface area contributed by atoms with Crippen molar-refractivity contribution in [1.82, 2.24) is 46.5 Å². The van der Waals surface area contributed by atoms with Crippen LogP contribution in [0.15, 0.2) is 53.5 Å². The van der Waals surface area contributed by atoms with Gasteiger partial charge in [-0.05, 0) is 99.7 Å². The van der Waals surface area contributed by atoms with Crippen molar-refractivity contribution in [2.45, 2.75) is 83.7 Å². The first-order valence-corrected chi connectivity index (χ1v) is 28.4. The summed E-state index contributed by atoms with van der Waals surface area (Å²) < 4.78 is 43.9. The summed E-state index contributed by atoms with van der Waals surface area (Å²) in [6, 6.07) is 15.8.